The molecule has 0 saturated heterocycles. The standard InChI is InChI=1S/C16H13ClN2/c17-14-6-3-5-12(10-14)16-15-7-2-1-4-13(15)11-19(16)9-8-18/h1-7,10,16H,9,11H2. The second-order valence-corrected chi connectivity index (χ2v) is 5.16. The second kappa shape index (κ2) is 5.05. The quantitative estimate of drug-likeness (QED) is 0.776. The van der Waals surface area contributed by atoms with E-state index < -0.39 is 0 Å². The molecule has 0 radical (unpaired) electrons. The normalized spacial score (nSPS) is 18.0. The van der Waals surface area contributed by atoms with Gasteiger partial charge < -0.3 is 0 Å². The molecule has 1 atom stereocenters. The van der Waals surface area contributed by atoms with Gasteiger partial charge in [0, 0.05) is 11.6 Å². The van der Waals surface area contributed by atoms with Gasteiger partial charge in [-0.15, -0.1) is 0 Å². The molecule has 1 heterocycles. The summed E-state index contributed by atoms with van der Waals surface area (Å²) in [6.45, 7) is 1.24. The molecule has 3 rings (SSSR count). The fourth-order valence-corrected chi connectivity index (χ4v) is 2.96. The van der Waals surface area contributed by atoms with Crippen LogP contribution in [0.1, 0.15) is 22.7 Å². The molecule has 3 heteroatoms. The van der Waals surface area contributed by atoms with Crippen LogP contribution in [0.5, 0.6) is 0 Å². The van der Waals surface area contributed by atoms with Gasteiger partial charge in [0.05, 0.1) is 18.7 Å². The minimum atomic E-state index is 0.134. The maximum Gasteiger partial charge on any atom is 0.0876 e. The first kappa shape index (κ1) is 12.2. The van der Waals surface area contributed by atoms with Crippen LogP contribution in [0.2, 0.25) is 5.02 Å². The minimum Gasteiger partial charge on any atom is -0.275 e. The maximum absolute atomic E-state index is 9.01. The van der Waals surface area contributed by atoms with Gasteiger partial charge in [0.25, 0.3) is 0 Å². The number of benzene rings is 2. The third-order valence-corrected chi connectivity index (χ3v) is 3.76. The Kier molecular flexibility index (Phi) is 3.25. The molecule has 2 aromatic carbocycles. The lowest BCUT2D eigenvalue weighted by Crippen LogP contribution is -2.23. The van der Waals surface area contributed by atoms with E-state index in [9.17, 15) is 0 Å². The van der Waals surface area contributed by atoms with Crippen LogP contribution in [-0.2, 0) is 6.54 Å². The van der Waals surface area contributed by atoms with E-state index in [0.29, 0.717) is 6.54 Å². The molecule has 1 aliphatic rings. The zero-order valence-corrected chi connectivity index (χ0v) is 11.1. The molecule has 94 valence electrons. The molecule has 2 nitrogen and oxygen atoms in total. The molecule has 0 spiro atoms. The van der Waals surface area contributed by atoms with E-state index in [1.54, 1.807) is 0 Å². The van der Waals surface area contributed by atoms with Crippen molar-refractivity contribution in [1.29, 1.82) is 5.26 Å². The summed E-state index contributed by atoms with van der Waals surface area (Å²) in [6.07, 6.45) is 0. The average molecular weight is 269 g/mol. The van der Waals surface area contributed by atoms with Crippen LogP contribution in [-0.4, -0.2) is 11.4 Å². The molecule has 19 heavy (non-hydrogen) atoms. The zero-order chi connectivity index (χ0) is 13.2. The summed E-state index contributed by atoms with van der Waals surface area (Å²) in [5.41, 5.74) is 3.72. The second-order valence-electron chi connectivity index (χ2n) is 4.72. The molecular formula is C16H13ClN2. The van der Waals surface area contributed by atoms with Gasteiger partial charge >= 0.3 is 0 Å². The largest absolute Gasteiger partial charge is 0.275 e. The highest BCUT2D eigenvalue weighted by molar-refractivity contribution is 6.30. The number of hydrogen-bond donors (Lipinski definition) is 0. The van der Waals surface area contributed by atoms with Crippen molar-refractivity contribution in [3.63, 3.8) is 0 Å². The fourth-order valence-electron chi connectivity index (χ4n) is 2.76. The van der Waals surface area contributed by atoms with E-state index in [1.165, 1.54) is 11.1 Å². The Morgan fingerprint density at radius 2 is 2.05 bits per heavy atom. The number of rotatable bonds is 2. The van der Waals surface area contributed by atoms with Crippen molar-refractivity contribution in [2.45, 2.75) is 12.6 Å². The lowest BCUT2D eigenvalue weighted by molar-refractivity contribution is 0.275. The van der Waals surface area contributed by atoms with Crippen LogP contribution in [0.15, 0.2) is 48.5 Å². The first-order chi connectivity index (χ1) is 9.29. The van der Waals surface area contributed by atoms with Crippen LogP contribution in [0.4, 0.5) is 0 Å². The molecule has 1 aliphatic heterocycles. The summed E-state index contributed by atoms with van der Waals surface area (Å²) in [4.78, 5) is 2.18. The lowest BCUT2D eigenvalue weighted by atomic mass is 9.98. The summed E-state index contributed by atoms with van der Waals surface area (Å²) >= 11 is 6.09. The molecule has 0 saturated carbocycles. The van der Waals surface area contributed by atoms with Gasteiger partial charge in [-0.2, -0.15) is 5.26 Å². The van der Waals surface area contributed by atoms with E-state index in [4.69, 9.17) is 16.9 Å². The molecule has 0 bridgehead atoms. The van der Waals surface area contributed by atoms with Crippen molar-refractivity contribution < 1.29 is 0 Å². The third kappa shape index (κ3) is 2.23. The highest BCUT2D eigenvalue weighted by Crippen LogP contribution is 2.38. The lowest BCUT2D eigenvalue weighted by Gasteiger charge is -2.23. The predicted molar refractivity (Wildman–Crippen MR) is 75.8 cm³/mol. The molecule has 2 aromatic rings. The molecule has 0 amide bonds. The minimum absolute atomic E-state index is 0.134. The SMILES string of the molecule is N#CCN1Cc2ccccc2C1c1cccc(Cl)c1. The summed E-state index contributed by atoms with van der Waals surface area (Å²) < 4.78 is 0. The van der Waals surface area contributed by atoms with Crippen molar-refractivity contribution >= 4 is 11.6 Å². The number of hydrogen-bond acceptors (Lipinski definition) is 2. The highest BCUT2D eigenvalue weighted by Gasteiger charge is 2.30. The van der Waals surface area contributed by atoms with Crippen molar-refractivity contribution in [3.05, 3.63) is 70.2 Å². The topological polar surface area (TPSA) is 27.0 Å². The van der Waals surface area contributed by atoms with Gasteiger partial charge in [-0.05, 0) is 28.8 Å². The van der Waals surface area contributed by atoms with Crippen LogP contribution in [0, 0.1) is 11.3 Å². The highest BCUT2D eigenvalue weighted by atomic mass is 35.5. The zero-order valence-electron chi connectivity index (χ0n) is 10.4. The van der Waals surface area contributed by atoms with Crippen molar-refractivity contribution in [3.8, 4) is 6.07 Å². The number of nitrogens with zero attached hydrogens (tertiary/aromatic N) is 2. The van der Waals surface area contributed by atoms with Gasteiger partial charge in [-0.3, -0.25) is 4.90 Å². The molecule has 1 unspecified atom stereocenters. The first-order valence-corrected chi connectivity index (χ1v) is 6.61. The summed E-state index contributed by atoms with van der Waals surface area (Å²) in [6, 6.07) is 18.6. The van der Waals surface area contributed by atoms with E-state index in [0.717, 1.165) is 17.1 Å². The van der Waals surface area contributed by atoms with Crippen LogP contribution in [0.25, 0.3) is 0 Å². The van der Waals surface area contributed by atoms with E-state index in [1.807, 2.05) is 30.3 Å². The van der Waals surface area contributed by atoms with Crippen molar-refractivity contribution in [2.24, 2.45) is 0 Å². The third-order valence-electron chi connectivity index (χ3n) is 3.53. The Hall–Kier alpha value is -1.82. The van der Waals surface area contributed by atoms with E-state index in [2.05, 4.69) is 29.2 Å². The number of halogens is 1. The number of nitriles is 1. The van der Waals surface area contributed by atoms with Crippen LogP contribution < -0.4 is 0 Å². The van der Waals surface area contributed by atoms with Crippen molar-refractivity contribution in [2.75, 3.05) is 6.54 Å². The Morgan fingerprint density at radius 3 is 2.84 bits per heavy atom. The van der Waals surface area contributed by atoms with Crippen molar-refractivity contribution in [1.82, 2.24) is 4.90 Å². The van der Waals surface area contributed by atoms with E-state index in [-0.39, 0.29) is 6.04 Å². The number of fused-ring (bicyclic) bond motifs is 1. The van der Waals surface area contributed by atoms with Gasteiger partial charge in [0.1, 0.15) is 0 Å². The molecule has 0 aliphatic carbocycles. The Balaban J connectivity index is 2.08. The monoisotopic (exact) mass is 268 g/mol. The summed E-state index contributed by atoms with van der Waals surface area (Å²) in [7, 11) is 0. The average Bonchev–Trinajstić information content (AvgIpc) is 2.77. The maximum atomic E-state index is 9.01. The Morgan fingerprint density at radius 1 is 1.21 bits per heavy atom. The smallest absolute Gasteiger partial charge is 0.0876 e. The molecule has 0 N–H and O–H groups in total. The fraction of sp³-hybridized carbons (Fsp3) is 0.188. The Labute approximate surface area is 117 Å². The van der Waals surface area contributed by atoms with Crippen LogP contribution in [0.3, 0.4) is 0 Å². The summed E-state index contributed by atoms with van der Waals surface area (Å²) in [5.74, 6) is 0. The van der Waals surface area contributed by atoms with Gasteiger partial charge in [0.2, 0.25) is 0 Å². The van der Waals surface area contributed by atoms with Gasteiger partial charge in [-0.1, -0.05) is 48.0 Å². The molecule has 0 aromatic heterocycles. The van der Waals surface area contributed by atoms with Gasteiger partial charge in [-0.25, -0.2) is 0 Å². The Bertz CT molecular complexity index is 645. The van der Waals surface area contributed by atoms with E-state index >= 15 is 0 Å². The van der Waals surface area contributed by atoms with Gasteiger partial charge in [0.15, 0.2) is 0 Å². The first-order valence-electron chi connectivity index (χ1n) is 6.24. The molecular weight excluding hydrogens is 256 g/mol. The van der Waals surface area contributed by atoms with Crippen LogP contribution >= 0.6 is 11.6 Å². The predicted octanol–water partition coefficient (Wildman–Crippen LogP) is 3.77. The molecule has 0 fully saturated rings. The summed E-state index contributed by atoms with van der Waals surface area (Å²) in [5, 5.41) is 9.74.